The van der Waals surface area contributed by atoms with Crippen molar-refractivity contribution in [2.24, 2.45) is 5.41 Å². The molecule has 1 saturated carbocycles. The third-order valence-electron chi connectivity index (χ3n) is 4.91. The molecule has 1 aliphatic rings. The van der Waals surface area contributed by atoms with Crippen LogP contribution in [0.4, 0.5) is 0 Å². The molecule has 1 unspecified atom stereocenters. The second-order valence-electron chi connectivity index (χ2n) is 7.05. The summed E-state index contributed by atoms with van der Waals surface area (Å²) in [6.45, 7) is 4.20. The molecule has 0 heterocycles. The molecule has 1 amide bonds. The first-order chi connectivity index (χ1) is 11.1. The van der Waals surface area contributed by atoms with Gasteiger partial charge < -0.3 is 10.1 Å². The van der Waals surface area contributed by atoms with E-state index in [-0.39, 0.29) is 23.6 Å². The Balaban J connectivity index is 2.12. The molecular weight excluding hydrogens is 328 g/mol. The van der Waals surface area contributed by atoms with Gasteiger partial charge in [-0.15, -0.1) is 0 Å². The average molecular weight is 354 g/mol. The van der Waals surface area contributed by atoms with Crippen molar-refractivity contribution in [1.82, 2.24) is 9.62 Å². The van der Waals surface area contributed by atoms with E-state index in [1.165, 1.54) is 18.4 Å². The van der Waals surface area contributed by atoms with E-state index in [1.54, 1.807) is 7.11 Å². The van der Waals surface area contributed by atoms with E-state index in [0.29, 0.717) is 0 Å². The van der Waals surface area contributed by atoms with Gasteiger partial charge in [0.05, 0.1) is 18.3 Å². The van der Waals surface area contributed by atoms with Gasteiger partial charge in [-0.05, 0) is 29.5 Å². The van der Waals surface area contributed by atoms with Crippen molar-refractivity contribution in [2.75, 3.05) is 33.5 Å². The van der Waals surface area contributed by atoms with Crippen LogP contribution in [0.15, 0.2) is 24.3 Å². The number of carbonyl (C=O) groups excluding carboxylic acids is 1. The zero-order valence-corrected chi connectivity index (χ0v) is 15.7. The van der Waals surface area contributed by atoms with Crippen LogP contribution < -0.4 is 10.1 Å². The van der Waals surface area contributed by atoms with Crippen molar-refractivity contribution >= 4 is 15.9 Å². The lowest BCUT2D eigenvalue weighted by molar-refractivity contribution is -0.124. The van der Waals surface area contributed by atoms with Gasteiger partial charge in [-0.3, -0.25) is 4.79 Å². The van der Waals surface area contributed by atoms with Crippen molar-refractivity contribution in [1.29, 1.82) is 0 Å². The molecule has 0 radical (unpaired) electrons. The van der Waals surface area contributed by atoms with Crippen LogP contribution in [0.5, 0.6) is 5.75 Å². The summed E-state index contributed by atoms with van der Waals surface area (Å²) in [5.74, 6) is 0.515. The van der Waals surface area contributed by atoms with E-state index in [4.69, 9.17) is 4.74 Å². The summed E-state index contributed by atoms with van der Waals surface area (Å²) in [6.07, 6.45) is 0.735. The predicted octanol–water partition coefficient (Wildman–Crippen LogP) is 1.37. The minimum Gasteiger partial charge on any atom is -0.497 e. The number of rotatable bonds is 7. The standard InChI is InChI=1S/C17H26N2O4S/c1-16(2)12-17(16,13-6-8-14(23-5)9-7-13)15(20)18-10-11-24(21,22)19(3)4/h6-9H,10-12H2,1-5H3,(H,18,20). The molecule has 7 heteroatoms. The Labute approximate surface area is 144 Å². The number of amides is 1. The van der Waals surface area contributed by atoms with Gasteiger partial charge in [-0.2, -0.15) is 0 Å². The average Bonchev–Trinajstić information content (AvgIpc) is 3.11. The molecule has 1 N–H and O–H groups in total. The molecule has 1 atom stereocenters. The Morgan fingerprint density at radius 1 is 1.25 bits per heavy atom. The molecular formula is C17H26N2O4S. The van der Waals surface area contributed by atoms with Gasteiger partial charge in [0.15, 0.2) is 0 Å². The molecule has 1 aromatic rings. The molecule has 0 aromatic heterocycles. The Bertz CT molecular complexity index is 711. The smallest absolute Gasteiger partial charge is 0.231 e. The van der Waals surface area contributed by atoms with Crippen LogP contribution in [-0.4, -0.2) is 52.1 Å². The summed E-state index contributed by atoms with van der Waals surface area (Å²) in [7, 11) is 1.25. The van der Waals surface area contributed by atoms with E-state index >= 15 is 0 Å². The Kier molecular flexibility index (Phi) is 4.97. The minimum atomic E-state index is -3.32. The van der Waals surface area contributed by atoms with Crippen molar-refractivity contribution in [3.63, 3.8) is 0 Å². The second kappa shape index (κ2) is 6.37. The number of benzene rings is 1. The molecule has 1 aromatic carbocycles. The van der Waals surface area contributed by atoms with E-state index < -0.39 is 15.4 Å². The van der Waals surface area contributed by atoms with Crippen LogP contribution in [0.1, 0.15) is 25.8 Å². The summed E-state index contributed by atoms with van der Waals surface area (Å²) in [6, 6.07) is 7.50. The van der Waals surface area contributed by atoms with E-state index in [9.17, 15) is 13.2 Å². The van der Waals surface area contributed by atoms with Gasteiger partial charge in [0.1, 0.15) is 5.75 Å². The molecule has 0 bridgehead atoms. The van der Waals surface area contributed by atoms with Crippen molar-refractivity contribution in [2.45, 2.75) is 25.7 Å². The van der Waals surface area contributed by atoms with Crippen molar-refractivity contribution in [3.8, 4) is 5.75 Å². The number of nitrogens with one attached hydrogen (secondary N) is 1. The van der Waals surface area contributed by atoms with Crippen LogP contribution in [0.25, 0.3) is 0 Å². The van der Waals surface area contributed by atoms with Gasteiger partial charge in [0.25, 0.3) is 0 Å². The van der Waals surface area contributed by atoms with Gasteiger partial charge in [-0.1, -0.05) is 26.0 Å². The number of nitrogens with zero attached hydrogens (tertiary/aromatic N) is 1. The number of hydrogen-bond acceptors (Lipinski definition) is 4. The van der Waals surface area contributed by atoms with Gasteiger partial charge in [0.2, 0.25) is 15.9 Å². The molecule has 1 aliphatic carbocycles. The maximum absolute atomic E-state index is 12.8. The van der Waals surface area contributed by atoms with Gasteiger partial charge in [0, 0.05) is 20.6 Å². The zero-order chi connectivity index (χ0) is 18.2. The number of ether oxygens (including phenoxy) is 1. The fourth-order valence-electron chi connectivity index (χ4n) is 3.13. The number of carbonyl (C=O) groups is 1. The lowest BCUT2D eigenvalue weighted by Gasteiger charge is -2.21. The second-order valence-corrected chi connectivity index (χ2v) is 9.35. The van der Waals surface area contributed by atoms with E-state index in [0.717, 1.165) is 17.7 Å². The van der Waals surface area contributed by atoms with Crippen LogP contribution in [-0.2, 0) is 20.2 Å². The molecule has 0 spiro atoms. The summed E-state index contributed by atoms with van der Waals surface area (Å²) in [4.78, 5) is 12.8. The normalized spacial score (nSPS) is 22.2. The highest BCUT2D eigenvalue weighted by molar-refractivity contribution is 7.89. The summed E-state index contributed by atoms with van der Waals surface area (Å²) >= 11 is 0. The van der Waals surface area contributed by atoms with Crippen molar-refractivity contribution < 1.29 is 17.9 Å². The first-order valence-corrected chi connectivity index (χ1v) is 9.51. The highest BCUT2D eigenvalue weighted by Gasteiger charge is 2.66. The molecule has 2 rings (SSSR count). The SMILES string of the molecule is COc1ccc(C2(C(=O)NCCS(=O)(=O)N(C)C)CC2(C)C)cc1. The third kappa shape index (κ3) is 3.28. The Hall–Kier alpha value is -1.60. The molecule has 0 aliphatic heterocycles. The molecule has 24 heavy (non-hydrogen) atoms. The maximum atomic E-state index is 12.8. The zero-order valence-electron chi connectivity index (χ0n) is 14.9. The summed E-state index contributed by atoms with van der Waals surface area (Å²) in [5, 5.41) is 2.80. The van der Waals surface area contributed by atoms with Crippen LogP contribution in [0.2, 0.25) is 0 Å². The highest BCUT2D eigenvalue weighted by Crippen LogP contribution is 2.64. The van der Waals surface area contributed by atoms with Gasteiger partial charge >= 0.3 is 0 Å². The van der Waals surface area contributed by atoms with Crippen LogP contribution in [0.3, 0.4) is 0 Å². The Morgan fingerprint density at radius 3 is 2.21 bits per heavy atom. The fourth-order valence-corrected chi connectivity index (χ4v) is 3.86. The first-order valence-electron chi connectivity index (χ1n) is 7.90. The summed E-state index contributed by atoms with van der Waals surface area (Å²) < 4.78 is 29.9. The topological polar surface area (TPSA) is 75.7 Å². The maximum Gasteiger partial charge on any atom is 0.231 e. The molecule has 6 nitrogen and oxygen atoms in total. The number of hydrogen-bond donors (Lipinski definition) is 1. The lowest BCUT2D eigenvalue weighted by atomic mass is 9.87. The molecule has 0 saturated heterocycles. The van der Waals surface area contributed by atoms with Crippen LogP contribution >= 0.6 is 0 Å². The van der Waals surface area contributed by atoms with E-state index in [1.807, 2.05) is 38.1 Å². The third-order valence-corrected chi connectivity index (χ3v) is 6.74. The lowest BCUT2D eigenvalue weighted by Crippen LogP contribution is -2.41. The summed E-state index contributed by atoms with van der Waals surface area (Å²) in [5.41, 5.74) is 0.161. The minimum absolute atomic E-state index is 0.104. The number of sulfonamides is 1. The Morgan fingerprint density at radius 2 is 1.79 bits per heavy atom. The van der Waals surface area contributed by atoms with Crippen molar-refractivity contribution in [3.05, 3.63) is 29.8 Å². The highest BCUT2D eigenvalue weighted by atomic mass is 32.2. The van der Waals surface area contributed by atoms with E-state index in [2.05, 4.69) is 5.32 Å². The number of methoxy groups -OCH3 is 1. The largest absolute Gasteiger partial charge is 0.497 e. The van der Waals surface area contributed by atoms with Gasteiger partial charge in [-0.25, -0.2) is 12.7 Å². The molecule has 134 valence electrons. The van der Waals surface area contributed by atoms with Crippen LogP contribution in [0, 0.1) is 5.41 Å². The fraction of sp³-hybridized carbons (Fsp3) is 0.588. The first kappa shape index (κ1) is 18.7. The molecule has 1 fully saturated rings. The monoisotopic (exact) mass is 354 g/mol. The predicted molar refractivity (Wildman–Crippen MR) is 93.6 cm³/mol. The quantitative estimate of drug-likeness (QED) is 0.802.